The zero-order valence-corrected chi connectivity index (χ0v) is 20.8. The lowest BCUT2D eigenvalue weighted by molar-refractivity contribution is -0.136. The maximum atomic E-state index is 13.5. The third-order valence-corrected chi connectivity index (χ3v) is 6.54. The number of hydrogen-bond acceptors (Lipinski definition) is 4. The van der Waals surface area contributed by atoms with Gasteiger partial charge in [0, 0.05) is 16.1 Å². The third-order valence-electron chi connectivity index (χ3n) is 5.96. The Morgan fingerprint density at radius 2 is 1.68 bits per heavy atom. The molecule has 0 radical (unpaired) electrons. The number of amides is 1. The highest BCUT2D eigenvalue weighted by Crippen LogP contribution is 2.34. The van der Waals surface area contributed by atoms with E-state index >= 15 is 0 Å². The van der Waals surface area contributed by atoms with Crippen molar-refractivity contribution in [2.24, 2.45) is 0 Å². The van der Waals surface area contributed by atoms with E-state index in [1.54, 1.807) is 48.5 Å². The van der Waals surface area contributed by atoms with Gasteiger partial charge in [-0.3, -0.25) is 9.59 Å². The number of halogens is 3. The molecular weight excluding hydrogens is 520 g/mol. The summed E-state index contributed by atoms with van der Waals surface area (Å²) in [6.45, 7) is 0.551. The van der Waals surface area contributed by atoms with Crippen LogP contribution in [0.4, 0.5) is 4.39 Å². The van der Waals surface area contributed by atoms with Crippen molar-refractivity contribution in [2.45, 2.75) is 12.5 Å². The number of rotatable bonds is 7. The summed E-state index contributed by atoms with van der Waals surface area (Å²) in [7, 11) is 0. The molecule has 5 rings (SSSR count). The lowest BCUT2D eigenvalue weighted by Gasteiger charge is -2.38. The summed E-state index contributed by atoms with van der Waals surface area (Å²) in [5.41, 5.74) is 1.86. The Kier molecular flexibility index (Phi) is 6.86. The smallest absolute Gasteiger partial charge is 0.307 e. The SMILES string of the molecule is O=C(O)Cc1c(C(=O)N2CC(Oc3ccc(F)cc3)C2)nn(-c2ccccc2Cl)c1-c1ccc(Cl)cc1. The van der Waals surface area contributed by atoms with Crippen LogP contribution in [0, 0.1) is 5.82 Å². The van der Waals surface area contributed by atoms with Crippen LogP contribution in [0.2, 0.25) is 10.0 Å². The zero-order chi connectivity index (χ0) is 26.1. The van der Waals surface area contributed by atoms with Gasteiger partial charge in [-0.2, -0.15) is 5.10 Å². The molecule has 3 aromatic carbocycles. The first kappa shape index (κ1) is 24.8. The predicted molar refractivity (Wildman–Crippen MR) is 137 cm³/mol. The molecule has 10 heteroatoms. The Bertz CT molecular complexity index is 1470. The van der Waals surface area contributed by atoms with E-state index in [2.05, 4.69) is 5.10 Å². The Balaban J connectivity index is 1.51. The van der Waals surface area contributed by atoms with E-state index in [9.17, 15) is 19.1 Å². The normalized spacial score (nSPS) is 13.3. The van der Waals surface area contributed by atoms with Crippen LogP contribution < -0.4 is 4.74 Å². The first-order valence-corrected chi connectivity index (χ1v) is 12.1. The Morgan fingerprint density at radius 1 is 1.00 bits per heavy atom. The minimum atomic E-state index is -1.11. The van der Waals surface area contributed by atoms with Gasteiger partial charge in [0.15, 0.2) is 5.69 Å². The van der Waals surface area contributed by atoms with Gasteiger partial charge >= 0.3 is 5.97 Å². The number of hydrogen-bond donors (Lipinski definition) is 1. The maximum absolute atomic E-state index is 13.5. The fraction of sp³-hybridized carbons (Fsp3) is 0.148. The molecule has 1 aliphatic rings. The highest BCUT2D eigenvalue weighted by atomic mass is 35.5. The van der Waals surface area contributed by atoms with E-state index in [1.165, 1.54) is 33.8 Å². The van der Waals surface area contributed by atoms with Crippen molar-refractivity contribution in [1.82, 2.24) is 14.7 Å². The number of carbonyl (C=O) groups is 2. The van der Waals surface area contributed by atoms with Crippen molar-refractivity contribution in [3.63, 3.8) is 0 Å². The summed E-state index contributed by atoms with van der Waals surface area (Å²) in [5, 5.41) is 15.2. The molecule has 0 saturated carbocycles. The molecule has 0 unspecified atom stereocenters. The van der Waals surface area contributed by atoms with Crippen molar-refractivity contribution in [3.05, 3.63) is 99.9 Å². The van der Waals surface area contributed by atoms with Gasteiger partial charge in [-0.15, -0.1) is 0 Å². The largest absolute Gasteiger partial charge is 0.487 e. The predicted octanol–water partition coefficient (Wildman–Crippen LogP) is 5.52. The first-order chi connectivity index (χ1) is 17.8. The van der Waals surface area contributed by atoms with E-state index in [0.717, 1.165) is 0 Å². The fourth-order valence-electron chi connectivity index (χ4n) is 4.18. The topological polar surface area (TPSA) is 84.7 Å². The van der Waals surface area contributed by atoms with Gasteiger partial charge in [0.1, 0.15) is 17.7 Å². The highest BCUT2D eigenvalue weighted by Gasteiger charge is 2.37. The Hall–Kier alpha value is -3.88. The molecular formula is C27H20Cl2FN3O4. The summed E-state index contributed by atoms with van der Waals surface area (Å²) in [6.07, 6.45) is -0.703. The van der Waals surface area contributed by atoms with Crippen LogP contribution in [0.3, 0.4) is 0 Å². The number of benzene rings is 3. The van der Waals surface area contributed by atoms with Gasteiger partial charge in [0.2, 0.25) is 0 Å². The van der Waals surface area contributed by atoms with E-state index in [0.29, 0.717) is 32.7 Å². The number of carboxylic acids is 1. The number of para-hydroxylation sites is 1. The summed E-state index contributed by atoms with van der Waals surface area (Å²) in [5.74, 6) is -1.40. The summed E-state index contributed by atoms with van der Waals surface area (Å²) in [6, 6.07) is 19.5. The molecule has 188 valence electrons. The number of nitrogens with zero attached hydrogens (tertiary/aromatic N) is 3. The summed E-state index contributed by atoms with van der Waals surface area (Å²) in [4.78, 5) is 26.9. The number of carbonyl (C=O) groups excluding carboxylic acids is 1. The van der Waals surface area contributed by atoms with Crippen LogP contribution in [-0.2, 0) is 11.2 Å². The minimum Gasteiger partial charge on any atom is -0.487 e. The lowest BCUT2D eigenvalue weighted by Crippen LogP contribution is -2.56. The monoisotopic (exact) mass is 539 g/mol. The third kappa shape index (κ3) is 5.16. The van der Waals surface area contributed by atoms with E-state index in [4.69, 9.17) is 27.9 Å². The Labute approximate surface area is 221 Å². The van der Waals surface area contributed by atoms with Gasteiger partial charge in [0.05, 0.1) is 35.9 Å². The lowest BCUT2D eigenvalue weighted by atomic mass is 10.0. The molecule has 2 heterocycles. The fourth-order valence-corrected chi connectivity index (χ4v) is 4.52. The minimum absolute atomic E-state index is 0.0208. The van der Waals surface area contributed by atoms with E-state index in [-0.39, 0.29) is 36.3 Å². The van der Waals surface area contributed by atoms with Gasteiger partial charge in [-0.05, 0) is 48.5 Å². The van der Waals surface area contributed by atoms with Crippen LogP contribution >= 0.6 is 23.2 Å². The second kappa shape index (κ2) is 10.2. The molecule has 1 amide bonds. The van der Waals surface area contributed by atoms with Crippen LogP contribution in [0.15, 0.2) is 72.8 Å². The van der Waals surface area contributed by atoms with Crippen molar-refractivity contribution >= 4 is 35.1 Å². The van der Waals surface area contributed by atoms with Crippen molar-refractivity contribution < 1.29 is 23.8 Å². The van der Waals surface area contributed by atoms with Crippen LogP contribution in [0.5, 0.6) is 5.75 Å². The average molecular weight is 540 g/mol. The number of aliphatic carboxylic acids is 1. The number of aromatic nitrogens is 2. The molecule has 0 bridgehead atoms. The Morgan fingerprint density at radius 3 is 2.32 bits per heavy atom. The number of likely N-dealkylation sites (tertiary alicyclic amines) is 1. The second-order valence-corrected chi connectivity index (χ2v) is 9.36. The van der Waals surface area contributed by atoms with Crippen LogP contribution in [-0.4, -0.2) is 50.9 Å². The van der Waals surface area contributed by atoms with Gasteiger partial charge < -0.3 is 14.7 Å². The molecule has 0 aliphatic carbocycles. The van der Waals surface area contributed by atoms with E-state index < -0.39 is 18.3 Å². The molecule has 0 atom stereocenters. The molecule has 1 N–H and O–H groups in total. The van der Waals surface area contributed by atoms with Crippen LogP contribution in [0.25, 0.3) is 16.9 Å². The second-order valence-electron chi connectivity index (χ2n) is 8.52. The standard InChI is InChI=1S/C27H20Cl2FN3O4/c28-17-7-5-16(6-8-17)26-21(13-24(34)35)25(31-33(26)23-4-2-1-3-22(23)29)27(36)32-14-20(15-32)37-19-11-9-18(30)10-12-19/h1-12,20H,13-15H2,(H,34,35). The molecule has 7 nitrogen and oxygen atoms in total. The van der Waals surface area contributed by atoms with Crippen molar-refractivity contribution in [2.75, 3.05) is 13.1 Å². The molecule has 1 aromatic heterocycles. The molecule has 0 spiro atoms. The maximum Gasteiger partial charge on any atom is 0.307 e. The summed E-state index contributed by atoms with van der Waals surface area (Å²) >= 11 is 12.5. The molecule has 1 fully saturated rings. The molecule has 37 heavy (non-hydrogen) atoms. The quantitative estimate of drug-likeness (QED) is 0.334. The van der Waals surface area contributed by atoms with Crippen molar-refractivity contribution in [1.29, 1.82) is 0 Å². The number of ether oxygens (including phenoxy) is 1. The highest BCUT2D eigenvalue weighted by molar-refractivity contribution is 6.32. The number of carboxylic acid groups (broad SMARTS) is 1. The van der Waals surface area contributed by atoms with Crippen molar-refractivity contribution in [3.8, 4) is 22.7 Å². The first-order valence-electron chi connectivity index (χ1n) is 11.4. The zero-order valence-electron chi connectivity index (χ0n) is 19.3. The molecule has 1 saturated heterocycles. The van der Waals surface area contributed by atoms with Crippen LogP contribution in [0.1, 0.15) is 16.1 Å². The average Bonchev–Trinajstić information content (AvgIpc) is 3.21. The van der Waals surface area contributed by atoms with E-state index in [1.807, 2.05) is 0 Å². The molecule has 1 aliphatic heterocycles. The van der Waals surface area contributed by atoms with Gasteiger partial charge in [-0.25, -0.2) is 9.07 Å². The summed E-state index contributed by atoms with van der Waals surface area (Å²) < 4.78 is 20.5. The molecule has 4 aromatic rings. The van der Waals surface area contributed by atoms with Gasteiger partial charge in [-0.1, -0.05) is 47.5 Å². The van der Waals surface area contributed by atoms with Gasteiger partial charge in [0.25, 0.3) is 5.91 Å².